The molecule has 0 radical (unpaired) electrons. The van der Waals surface area contributed by atoms with Crippen LogP contribution in [0.15, 0.2) is 48.5 Å². The number of hydrogen-bond acceptors (Lipinski definition) is 3. The van der Waals surface area contributed by atoms with Crippen molar-refractivity contribution in [3.05, 3.63) is 59.7 Å². The van der Waals surface area contributed by atoms with Gasteiger partial charge in [0.15, 0.2) is 0 Å². The zero-order chi connectivity index (χ0) is 18.1. The van der Waals surface area contributed by atoms with Crippen LogP contribution in [-0.2, 0) is 11.2 Å². The summed E-state index contributed by atoms with van der Waals surface area (Å²) in [5.41, 5.74) is 2.07. The third kappa shape index (κ3) is 5.64. The van der Waals surface area contributed by atoms with Gasteiger partial charge in [0.1, 0.15) is 5.75 Å². The smallest absolute Gasteiger partial charge is 0.259 e. The highest BCUT2D eigenvalue weighted by Gasteiger charge is 2.12. The first kappa shape index (κ1) is 18.5. The summed E-state index contributed by atoms with van der Waals surface area (Å²) >= 11 is 0. The molecule has 2 aromatic carbocycles. The van der Waals surface area contributed by atoms with Gasteiger partial charge in [0.05, 0.1) is 18.6 Å². The Morgan fingerprint density at radius 1 is 1.04 bits per heavy atom. The first-order valence-corrected chi connectivity index (χ1v) is 8.46. The third-order valence-corrected chi connectivity index (χ3v) is 3.74. The molecule has 0 saturated heterocycles. The monoisotopic (exact) mass is 340 g/mol. The standard InChI is InChI=1S/C20H24N2O3/c1-3-4-13-25-18-8-6-5-7-17(18)20(24)22-16-11-9-15(10-12-16)14-19(23)21-2/h5-12H,3-4,13-14H2,1-2H3,(H,21,23)(H,22,24). The van der Waals surface area contributed by atoms with Gasteiger partial charge in [-0.05, 0) is 36.2 Å². The van der Waals surface area contributed by atoms with Crippen LogP contribution in [0.2, 0.25) is 0 Å². The average molecular weight is 340 g/mol. The summed E-state index contributed by atoms with van der Waals surface area (Å²) in [4.78, 5) is 23.9. The third-order valence-electron chi connectivity index (χ3n) is 3.74. The SMILES string of the molecule is CCCCOc1ccccc1C(=O)Nc1ccc(CC(=O)NC)cc1. The van der Waals surface area contributed by atoms with Crippen molar-refractivity contribution < 1.29 is 14.3 Å². The lowest BCUT2D eigenvalue weighted by Crippen LogP contribution is -2.19. The molecular formula is C20H24N2O3. The van der Waals surface area contributed by atoms with E-state index in [1.165, 1.54) is 0 Å². The fourth-order valence-corrected chi connectivity index (χ4v) is 2.28. The van der Waals surface area contributed by atoms with Crippen LogP contribution in [0.25, 0.3) is 0 Å². The molecule has 2 amide bonds. The molecule has 0 unspecified atom stereocenters. The number of ether oxygens (including phenoxy) is 1. The maximum atomic E-state index is 12.5. The van der Waals surface area contributed by atoms with Crippen molar-refractivity contribution in [3.8, 4) is 5.75 Å². The molecule has 2 rings (SSSR count). The number of para-hydroxylation sites is 1. The highest BCUT2D eigenvalue weighted by atomic mass is 16.5. The summed E-state index contributed by atoms with van der Waals surface area (Å²) in [5.74, 6) is 0.325. The molecule has 0 saturated carbocycles. The van der Waals surface area contributed by atoms with Crippen LogP contribution in [0.5, 0.6) is 5.75 Å². The molecule has 0 aliphatic carbocycles. The van der Waals surface area contributed by atoms with Crippen molar-refractivity contribution in [2.75, 3.05) is 19.0 Å². The quantitative estimate of drug-likeness (QED) is 0.724. The van der Waals surface area contributed by atoms with Gasteiger partial charge in [-0.2, -0.15) is 0 Å². The predicted molar refractivity (Wildman–Crippen MR) is 99.0 cm³/mol. The largest absolute Gasteiger partial charge is 0.493 e. The molecule has 5 nitrogen and oxygen atoms in total. The highest BCUT2D eigenvalue weighted by molar-refractivity contribution is 6.06. The first-order valence-electron chi connectivity index (χ1n) is 8.46. The topological polar surface area (TPSA) is 67.4 Å². The van der Waals surface area contributed by atoms with Gasteiger partial charge in [0.2, 0.25) is 5.91 Å². The van der Waals surface area contributed by atoms with E-state index in [0.29, 0.717) is 30.0 Å². The lowest BCUT2D eigenvalue weighted by molar-refractivity contribution is -0.119. The molecule has 0 spiro atoms. The number of likely N-dealkylation sites (N-methyl/N-ethyl adjacent to an activating group) is 1. The molecule has 0 aromatic heterocycles. The summed E-state index contributed by atoms with van der Waals surface area (Å²) < 4.78 is 5.71. The van der Waals surface area contributed by atoms with Crippen molar-refractivity contribution in [3.63, 3.8) is 0 Å². The molecule has 5 heteroatoms. The van der Waals surface area contributed by atoms with E-state index in [4.69, 9.17) is 4.74 Å². The number of amides is 2. The van der Waals surface area contributed by atoms with Gasteiger partial charge in [-0.1, -0.05) is 37.6 Å². The molecule has 0 fully saturated rings. The summed E-state index contributed by atoms with van der Waals surface area (Å²) in [6.07, 6.45) is 2.30. The number of carbonyl (C=O) groups excluding carboxylic acids is 2. The fraction of sp³-hybridized carbons (Fsp3) is 0.300. The average Bonchev–Trinajstić information content (AvgIpc) is 2.64. The molecule has 132 valence electrons. The van der Waals surface area contributed by atoms with E-state index in [1.54, 1.807) is 31.3 Å². The Morgan fingerprint density at radius 3 is 2.44 bits per heavy atom. The Balaban J connectivity index is 2.03. The van der Waals surface area contributed by atoms with E-state index in [0.717, 1.165) is 18.4 Å². The minimum absolute atomic E-state index is 0.0464. The number of hydrogen-bond donors (Lipinski definition) is 2. The van der Waals surface area contributed by atoms with Gasteiger partial charge in [0.25, 0.3) is 5.91 Å². The molecule has 0 atom stereocenters. The maximum Gasteiger partial charge on any atom is 0.259 e. The first-order chi connectivity index (χ1) is 12.1. The van der Waals surface area contributed by atoms with Gasteiger partial charge in [-0.3, -0.25) is 9.59 Å². The van der Waals surface area contributed by atoms with Crippen molar-refractivity contribution in [2.45, 2.75) is 26.2 Å². The van der Waals surface area contributed by atoms with Crippen LogP contribution >= 0.6 is 0 Å². The molecule has 0 bridgehead atoms. The Bertz CT molecular complexity index is 711. The van der Waals surface area contributed by atoms with E-state index < -0.39 is 0 Å². The fourth-order valence-electron chi connectivity index (χ4n) is 2.28. The number of nitrogens with one attached hydrogen (secondary N) is 2. The summed E-state index contributed by atoms with van der Waals surface area (Å²) in [5, 5.41) is 5.45. The molecule has 25 heavy (non-hydrogen) atoms. The van der Waals surface area contributed by atoms with Crippen molar-refractivity contribution >= 4 is 17.5 Å². The van der Waals surface area contributed by atoms with E-state index in [2.05, 4.69) is 17.6 Å². The second-order valence-electron chi connectivity index (χ2n) is 5.70. The van der Waals surface area contributed by atoms with Gasteiger partial charge in [-0.15, -0.1) is 0 Å². The lowest BCUT2D eigenvalue weighted by atomic mass is 10.1. The number of rotatable bonds is 8. The van der Waals surface area contributed by atoms with Crippen molar-refractivity contribution in [2.24, 2.45) is 0 Å². The van der Waals surface area contributed by atoms with Crippen LogP contribution in [0.4, 0.5) is 5.69 Å². The predicted octanol–water partition coefficient (Wildman–Crippen LogP) is 3.41. The highest BCUT2D eigenvalue weighted by Crippen LogP contribution is 2.20. The van der Waals surface area contributed by atoms with Gasteiger partial charge < -0.3 is 15.4 Å². The van der Waals surface area contributed by atoms with Crippen LogP contribution in [-0.4, -0.2) is 25.5 Å². The molecule has 2 aromatic rings. The molecular weight excluding hydrogens is 316 g/mol. The second kappa shape index (κ2) is 9.47. The van der Waals surface area contributed by atoms with Crippen LogP contribution < -0.4 is 15.4 Å². The Morgan fingerprint density at radius 2 is 1.76 bits per heavy atom. The van der Waals surface area contributed by atoms with Crippen molar-refractivity contribution in [1.29, 1.82) is 0 Å². The van der Waals surface area contributed by atoms with Crippen LogP contribution in [0.1, 0.15) is 35.7 Å². The normalized spacial score (nSPS) is 10.2. The Hall–Kier alpha value is -2.82. The maximum absolute atomic E-state index is 12.5. The molecule has 0 heterocycles. The molecule has 2 N–H and O–H groups in total. The lowest BCUT2D eigenvalue weighted by Gasteiger charge is -2.11. The summed E-state index contributed by atoms with van der Waals surface area (Å²) in [6, 6.07) is 14.4. The summed E-state index contributed by atoms with van der Waals surface area (Å²) in [7, 11) is 1.61. The minimum Gasteiger partial charge on any atom is -0.493 e. The number of unbranched alkanes of at least 4 members (excludes halogenated alkanes) is 1. The number of carbonyl (C=O) groups is 2. The summed E-state index contributed by atoms with van der Waals surface area (Å²) in [6.45, 7) is 2.69. The van der Waals surface area contributed by atoms with Crippen molar-refractivity contribution in [1.82, 2.24) is 5.32 Å². The van der Waals surface area contributed by atoms with Crippen LogP contribution in [0.3, 0.4) is 0 Å². The van der Waals surface area contributed by atoms with Crippen LogP contribution in [0, 0.1) is 0 Å². The molecule has 0 aliphatic rings. The van der Waals surface area contributed by atoms with Gasteiger partial charge in [0, 0.05) is 12.7 Å². The van der Waals surface area contributed by atoms with E-state index in [1.807, 2.05) is 24.3 Å². The minimum atomic E-state index is -0.217. The number of benzene rings is 2. The van der Waals surface area contributed by atoms with Gasteiger partial charge in [-0.25, -0.2) is 0 Å². The van der Waals surface area contributed by atoms with E-state index in [9.17, 15) is 9.59 Å². The Labute approximate surface area is 148 Å². The zero-order valence-corrected chi connectivity index (χ0v) is 14.7. The zero-order valence-electron chi connectivity index (χ0n) is 14.7. The number of anilines is 1. The van der Waals surface area contributed by atoms with E-state index in [-0.39, 0.29) is 11.8 Å². The second-order valence-corrected chi connectivity index (χ2v) is 5.70. The van der Waals surface area contributed by atoms with Gasteiger partial charge >= 0.3 is 0 Å². The Kier molecular flexibility index (Phi) is 7.01. The van der Waals surface area contributed by atoms with E-state index >= 15 is 0 Å². The molecule has 0 aliphatic heterocycles.